The molecule has 1 heterocycles. The van der Waals surface area contributed by atoms with Crippen LogP contribution in [0, 0.1) is 0 Å². The van der Waals surface area contributed by atoms with Crippen LogP contribution in [0.25, 0.3) is 0 Å². The Morgan fingerprint density at radius 1 is 1.32 bits per heavy atom. The zero-order chi connectivity index (χ0) is 19.4. The lowest BCUT2D eigenvalue weighted by Crippen LogP contribution is -2.68. The highest BCUT2D eigenvalue weighted by molar-refractivity contribution is 5.78. The van der Waals surface area contributed by atoms with Gasteiger partial charge in [-0.1, -0.05) is 0 Å². The monoisotopic (exact) mass is 367 g/mol. The summed E-state index contributed by atoms with van der Waals surface area (Å²) in [6, 6.07) is -1.42. The van der Waals surface area contributed by atoms with Gasteiger partial charge >= 0.3 is 11.9 Å². The lowest BCUT2D eigenvalue weighted by Gasteiger charge is -2.45. The Morgan fingerprint density at radius 3 is 2.36 bits per heavy atom. The van der Waals surface area contributed by atoms with E-state index in [1.807, 2.05) is 0 Å². The van der Waals surface area contributed by atoms with Gasteiger partial charge in [0.2, 0.25) is 5.91 Å². The molecule has 0 bridgehead atoms. The second kappa shape index (κ2) is 8.51. The van der Waals surface area contributed by atoms with Gasteiger partial charge < -0.3 is 45.4 Å². The molecule has 25 heavy (non-hydrogen) atoms. The molecular weight excluding hydrogens is 346 g/mol. The predicted octanol–water partition coefficient (Wildman–Crippen LogP) is -4.33. The molecule has 1 rings (SSSR count). The van der Waals surface area contributed by atoms with E-state index in [4.69, 9.17) is 24.8 Å². The summed E-state index contributed by atoms with van der Waals surface area (Å²) in [6.07, 6.45) is -7.81. The molecule has 0 saturated carbocycles. The number of nitrogens with one attached hydrogen (secondary N) is 1. The number of carboxylic acids is 1. The quantitative estimate of drug-likeness (QED) is 0.214. The zero-order valence-electron chi connectivity index (χ0n) is 13.2. The van der Waals surface area contributed by atoms with Crippen molar-refractivity contribution in [3.63, 3.8) is 0 Å². The van der Waals surface area contributed by atoms with Gasteiger partial charge in [-0.25, -0.2) is 4.79 Å². The molecule has 1 amide bonds. The number of hydrogen-bond donors (Lipinski definition) is 7. The Labute approximate surface area is 141 Å². The number of rotatable bonds is 7. The highest BCUT2D eigenvalue weighted by Crippen LogP contribution is 2.32. The number of amides is 1. The molecule has 144 valence electrons. The largest absolute Gasteiger partial charge is 0.477 e. The van der Waals surface area contributed by atoms with Crippen LogP contribution in [-0.2, 0) is 23.9 Å². The number of carbonyl (C=O) groups is 3. The van der Waals surface area contributed by atoms with Crippen molar-refractivity contribution in [2.45, 2.75) is 49.6 Å². The maximum Gasteiger partial charge on any atom is 0.364 e. The molecule has 12 heteroatoms. The third-order valence-electron chi connectivity index (χ3n) is 3.60. The molecule has 0 aromatic carbocycles. The Hall–Kier alpha value is -1.83. The molecule has 1 saturated heterocycles. The van der Waals surface area contributed by atoms with E-state index in [1.165, 1.54) is 0 Å². The van der Waals surface area contributed by atoms with Gasteiger partial charge in [0.25, 0.3) is 5.79 Å². The molecule has 1 aliphatic rings. The van der Waals surface area contributed by atoms with Gasteiger partial charge in [-0.05, 0) is 0 Å². The Kier molecular flexibility index (Phi) is 7.22. The van der Waals surface area contributed by atoms with E-state index in [0.29, 0.717) is 0 Å². The van der Waals surface area contributed by atoms with Crippen molar-refractivity contribution >= 4 is 17.8 Å². The van der Waals surface area contributed by atoms with Crippen molar-refractivity contribution in [1.29, 1.82) is 0 Å². The summed E-state index contributed by atoms with van der Waals surface area (Å²) in [7, 11) is 0. The third kappa shape index (κ3) is 5.07. The first-order chi connectivity index (χ1) is 11.6. The van der Waals surface area contributed by atoms with Crippen molar-refractivity contribution in [3.05, 3.63) is 0 Å². The first kappa shape index (κ1) is 21.2. The van der Waals surface area contributed by atoms with E-state index in [1.54, 1.807) is 0 Å². The van der Waals surface area contributed by atoms with Crippen LogP contribution >= 0.6 is 0 Å². The van der Waals surface area contributed by atoms with E-state index < -0.39 is 73.7 Å². The summed E-state index contributed by atoms with van der Waals surface area (Å²) in [5, 5.41) is 58.8. The highest BCUT2D eigenvalue weighted by atomic mass is 16.7. The molecule has 1 aliphatic heterocycles. The fourth-order valence-electron chi connectivity index (χ4n) is 2.44. The van der Waals surface area contributed by atoms with Gasteiger partial charge in [0.1, 0.15) is 31.0 Å². The SMILES string of the molecule is CC(=O)O[C@H]1C[C@](O)(C(=O)O)O[C@@H]([C@H](O)[C@H](O)CO)[C@@H]1NC(=O)CO. The average molecular weight is 367 g/mol. The van der Waals surface area contributed by atoms with Gasteiger partial charge in [0.15, 0.2) is 0 Å². The lowest BCUT2D eigenvalue weighted by molar-refractivity contribution is -0.296. The number of ether oxygens (including phenoxy) is 2. The van der Waals surface area contributed by atoms with E-state index in [0.717, 1.165) is 6.92 Å². The molecule has 0 unspecified atom stereocenters. The van der Waals surface area contributed by atoms with E-state index in [2.05, 4.69) is 5.32 Å². The maximum atomic E-state index is 11.5. The molecule has 6 atom stereocenters. The number of aliphatic carboxylic acids is 1. The van der Waals surface area contributed by atoms with Crippen LogP contribution in [0.5, 0.6) is 0 Å². The molecule has 0 aromatic rings. The van der Waals surface area contributed by atoms with Crippen LogP contribution in [0.2, 0.25) is 0 Å². The molecular formula is C13H21NO11. The summed E-state index contributed by atoms with van der Waals surface area (Å²) in [4.78, 5) is 34.0. The standard InChI is InChI=1S/C13H21NO11/c1-5(17)24-7-2-13(23,12(21)22)25-11(10(20)6(18)3-15)9(7)14-8(19)4-16/h6-7,9-11,15-16,18,20,23H,2-4H2,1H3,(H,14,19)(H,21,22)/t6-,7+,9-,10-,11-,13-/m1/s1. The van der Waals surface area contributed by atoms with Crippen LogP contribution in [-0.4, -0.2) is 97.9 Å². The minimum Gasteiger partial charge on any atom is -0.477 e. The predicted molar refractivity (Wildman–Crippen MR) is 75.7 cm³/mol. The molecule has 7 N–H and O–H groups in total. The number of aliphatic hydroxyl groups excluding tert-OH is 4. The van der Waals surface area contributed by atoms with Crippen molar-refractivity contribution in [2.24, 2.45) is 0 Å². The van der Waals surface area contributed by atoms with E-state index in [-0.39, 0.29) is 0 Å². The summed E-state index contributed by atoms with van der Waals surface area (Å²) < 4.78 is 9.83. The summed E-state index contributed by atoms with van der Waals surface area (Å²) in [5.41, 5.74) is 0. The summed E-state index contributed by atoms with van der Waals surface area (Å²) in [5.74, 6) is -6.59. The first-order valence-electron chi connectivity index (χ1n) is 7.23. The normalized spacial score (nSPS) is 31.7. The van der Waals surface area contributed by atoms with Crippen molar-refractivity contribution in [2.75, 3.05) is 13.2 Å². The van der Waals surface area contributed by atoms with Gasteiger partial charge in [-0.3, -0.25) is 9.59 Å². The Bertz CT molecular complexity index is 512. The number of hydrogen-bond acceptors (Lipinski definition) is 10. The van der Waals surface area contributed by atoms with Gasteiger partial charge in [0, 0.05) is 6.92 Å². The molecule has 1 fully saturated rings. The number of esters is 1. The Morgan fingerprint density at radius 2 is 1.92 bits per heavy atom. The summed E-state index contributed by atoms with van der Waals surface area (Å²) >= 11 is 0. The van der Waals surface area contributed by atoms with Crippen LogP contribution in [0.15, 0.2) is 0 Å². The first-order valence-corrected chi connectivity index (χ1v) is 7.23. The minimum atomic E-state index is -2.89. The van der Waals surface area contributed by atoms with E-state index in [9.17, 15) is 29.7 Å². The van der Waals surface area contributed by atoms with Crippen LogP contribution in [0.4, 0.5) is 0 Å². The van der Waals surface area contributed by atoms with E-state index >= 15 is 0 Å². The highest BCUT2D eigenvalue weighted by Gasteiger charge is 2.55. The van der Waals surface area contributed by atoms with Gasteiger partial charge in [0.05, 0.1) is 19.1 Å². The fraction of sp³-hybridized carbons (Fsp3) is 0.769. The molecule has 0 aliphatic carbocycles. The zero-order valence-corrected chi connectivity index (χ0v) is 13.2. The number of carboxylic acid groups (broad SMARTS) is 1. The van der Waals surface area contributed by atoms with Crippen molar-refractivity contribution in [3.8, 4) is 0 Å². The second-order valence-electron chi connectivity index (χ2n) is 5.52. The maximum absolute atomic E-state index is 11.5. The van der Waals surface area contributed by atoms with Crippen LogP contribution < -0.4 is 5.32 Å². The molecule has 0 aromatic heterocycles. The molecule has 0 spiro atoms. The second-order valence-corrected chi connectivity index (χ2v) is 5.52. The average Bonchev–Trinajstić information content (AvgIpc) is 2.54. The third-order valence-corrected chi connectivity index (χ3v) is 3.60. The van der Waals surface area contributed by atoms with Crippen LogP contribution in [0.3, 0.4) is 0 Å². The minimum absolute atomic E-state index is 0.795. The Balaban J connectivity index is 3.27. The van der Waals surface area contributed by atoms with Gasteiger partial charge in [-0.2, -0.15) is 0 Å². The van der Waals surface area contributed by atoms with Gasteiger partial charge in [-0.15, -0.1) is 0 Å². The van der Waals surface area contributed by atoms with Crippen LogP contribution in [0.1, 0.15) is 13.3 Å². The lowest BCUT2D eigenvalue weighted by atomic mass is 9.88. The topological polar surface area (TPSA) is 203 Å². The molecule has 0 radical (unpaired) electrons. The molecule has 12 nitrogen and oxygen atoms in total. The smallest absolute Gasteiger partial charge is 0.364 e. The number of carbonyl (C=O) groups excluding carboxylic acids is 2. The van der Waals surface area contributed by atoms with Crippen molar-refractivity contribution < 1.29 is 54.5 Å². The summed E-state index contributed by atoms with van der Waals surface area (Å²) in [6.45, 7) is -0.919. The number of aliphatic hydroxyl groups is 5. The van der Waals surface area contributed by atoms with Crippen molar-refractivity contribution in [1.82, 2.24) is 5.32 Å². The fourth-order valence-corrected chi connectivity index (χ4v) is 2.44.